The average Bonchev–Trinajstić information content (AvgIpc) is 2.45. The summed E-state index contributed by atoms with van der Waals surface area (Å²) < 4.78 is 5.16. The number of carboxylic acids is 1. The number of nitrogens with two attached hydrogens (primary N) is 1. The van der Waals surface area contributed by atoms with Crippen LogP contribution in [0.25, 0.3) is 0 Å². The quantitative estimate of drug-likeness (QED) is 0.742. The van der Waals surface area contributed by atoms with Crippen LogP contribution >= 0.6 is 0 Å². The van der Waals surface area contributed by atoms with Crippen LogP contribution in [0.4, 0.5) is 5.69 Å². The molecule has 5 nitrogen and oxygen atoms in total. The van der Waals surface area contributed by atoms with Crippen molar-refractivity contribution in [3.63, 3.8) is 0 Å². The molecule has 0 bridgehead atoms. The highest BCUT2D eigenvalue weighted by Gasteiger charge is 2.18. The van der Waals surface area contributed by atoms with Gasteiger partial charge in [-0.2, -0.15) is 0 Å². The normalized spacial score (nSPS) is 22.2. The fourth-order valence-corrected chi connectivity index (χ4v) is 2.50. The first-order valence-corrected chi connectivity index (χ1v) is 7.07. The molecule has 0 saturated heterocycles. The Hall–Kier alpha value is -1.75. The Balaban J connectivity index is 1.80. The number of ether oxygens (including phenoxy) is 1. The molecule has 1 saturated carbocycles. The largest absolute Gasteiger partial charge is 0.482 e. The van der Waals surface area contributed by atoms with Crippen LogP contribution in [-0.2, 0) is 4.79 Å². The van der Waals surface area contributed by atoms with Crippen LogP contribution in [-0.4, -0.2) is 30.3 Å². The molecule has 0 amide bonds. The van der Waals surface area contributed by atoms with Crippen LogP contribution in [0, 0.1) is 5.92 Å². The predicted octanol–water partition coefficient (Wildman–Crippen LogP) is 2.08. The molecule has 0 unspecified atom stereocenters. The molecule has 110 valence electrons. The molecule has 0 spiro atoms. The molecule has 1 fully saturated rings. The van der Waals surface area contributed by atoms with E-state index in [0.717, 1.165) is 25.1 Å². The van der Waals surface area contributed by atoms with Gasteiger partial charge in [0.1, 0.15) is 5.75 Å². The molecule has 1 aliphatic carbocycles. The van der Waals surface area contributed by atoms with Crippen molar-refractivity contribution in [2.45, 2.75) is 31.7 Å². The summed E-state index contributed by atoms with van der Waals surface area (Å²) in [5.74, 6) is 0.267. The van der Waals surface area contributed by atoms with E-state index >= 15 is 0 Å². The average molecular weight is 278 g/mol. The third-order valence-electron chi connectivity index (χ3n) is 3.68. The fraction of sp³-hybridized carbons (Fsp3) is 0.533. The second kappa shape index (κ2) is 7.14. The molecule has 1 aromatic carbocycles. The molecule has 0 aliphatic heterocycles. The molecule has 0 aromatic heterocycles. The Bertz CT molecular complexity index is 442. The van der Waals surface area contributed by atoms with Crippen LogP contribution in [0.1, 0.15) is 25.7 Å². The minimum atomic E-state index is -0.970. The van der Waals surface area contributed by atoms with Crippen LogP contribution in [0.3, 0.4) is 0 Å². The summed E-state index contributed by atoms with van der Waals surface area (Å²) in [4.78, 5) is 10.5. The Kier molecular flexibility index (Phi) is 5.24. The summed E-state index contributed by atoms with van der Waals surface area (Å²) in [6.07, 6.45) is 4.55. The summed E-state index contributed by atoms with van der Waals surface area (Å²) in [6, 6.07) is 7.78. The van der Waals surface area contributed by atoms with E-state index in [1.807, 2.05) is 18.2 Å². The minimum Gasteiger partial charge on any atom is -0.482 e. The van der Waals surface area contributed by atoms with Gasteiger partial charge in [0.05, 0.1) is 0 Å². The van der Waals surface area contributed by atoms with Crippen molar-refractivity contribution in [2.24, 2.45) is 11.7 Å². The molecule has 0 radical (unpaired) electrons. The van der Waals surface area contributed by atoms with Crippen LogP contribution in [0.2, 0.25) is 0 Å². The zero-order valence-corrected chi connectivity index (χ0v) is 11.5. The number of hydrogen-bond donors (Lipinski definition) is 3. The standard InChI is InChI=1S/C15H22N2O3/c16-12-6-4-11(5-7-12)9-17-13-2-1-3-14(8-13)20-10-15(18)19/h1-3,8,11-12,17H,4-7,9-10,16H2,(H,18,19). The number of hydrogen-bond acceptors (Lipinski definition) is 4. The summed E-state index contributed by atoms with van der Waals surface area (Å²) in [5.41, 5.74) is 6.86. The molecule has 4 N–H and O–H groups in total. The molecule has 0 heterocycles. The molecular weight excluding hydrogens is 256 g/mol. The van der Waals surface area contributed by atoms with Gasteiger partial charge in [0.25, 0.3) is 0 Å². The van der Waals surface area contributed by atoms with Crippen molar-refractivity contribution in [3.05, 3.63) is 24.3 Å². The first kappa shape index (κ1) is 14.7. The van der Waals surface area contributed by atoms with E-state index in [9.17, 15) is 4.79 Å². The highest BCUT2D eigenvalue weighted by atomic mass is 16.5. The van der Waals surface area contributed by atoms with Crippen LogP contribution in [0.5, 0.6) is 5.75 Å². The zero-order chi connectivity index (χ0) is 14.4. The summed E-state index contributed by atoms with van der Waals surface area (Å²) in [6.45, 7) is 0.610. The van der Waals surface area contributed by atoms with Crippen molar-refractivity contribution in [3.8, 4) is 5.75 Å². The summed E-state index contributed by atoms with van der Waals surface area (Å²) in [7, 11) is 0. The van der Waals surface area contributed by atoms with Crippen LogP contribution < -0.4 is 15.8 Å². The van der Waals surface area contributed by atoms with Gasteiger partial charge in [0, 0.05) is 24.3 Å². The number of rotatable bonds is 6. The van der Waals surface area contributed by atoms with Crippen molar-refractivity contribution >= 4 is 11.7 Å². The van der Waals surface area contributed by atoms with E-state index in [0.29, 0.717) is 17.7 Å². The van der Waals surface area contributed by atoms with E-state index in [2.05, 4.69) is 5.32 Å². The van der Waals surface area contributed by atoms with Crippen molar-refractivity contribution < 1.29 is 14.6 Å². The van der Waals surface area contributed by atoms with E-state index in [1.165, 1.54) is 12.8 Å². The first-order chi connectivity index (χ1) is 9.63. The lowest BCUT2D eigenvalue weighted by atomic mass is 9.86. The highest BCUT2D eigenvalue weighted by molar-refractivity contribution is 5.68. The molecule has 1 aromatic rings. The molecule has 20 heavy (non-hydrogen) atoms. The molecule has 0 atom stereocenters. The molecule has 2 rings (SSSR count). The first-order valence-electron chi connectivity index (χ1n) is 7.07. The highest BCUT2D eigenvalue weighted by Crippen LogP contribution is 2.24. The number of aliphatic carboxylic acids is 1. The van der Waals surface area contributed by atoms with Gasteiger partial charge < -0.3 is 20.9 Å². The number of carbonyl (C=O) groups is 1. The zero-order valence-electron chi connectivity index (χ0n) is 11.5. The van der Waals surface area contributed by atoms with Crippen molar-refractivity contribution in [2.75, 3.05) is 18.5 Å². The summed E-state index contributed by atoms with van der Waals surface area (Å²) >= 11 is 0. The minimum absolute atomic E-state index is 0.316. The van der Waals surface area contributed by atoms with Crippen molar-refractivity contribution in [1.29, 1.82) is 0 Å². The monoisotopic (exact) mass is 278 g/mol. The fourth-order valence-electron chi connectivity index (χ4n) is 2.50. The Morgan fingerprint density at radius 3 is 2.80 bits per heavy atom. The Morgan fingerprint density at radius 2 is 2.10 bits per heavy atom. The second-order valence-corrected chi connectivity index (χ2v) is 5.37. The van der Waals surface area contributed by atoms with Gasteiger partial charge in [0.15, 0.2) is 6.61 Å². The molecular formula is C15H22N2O3. The maximum atomic E-state index is 10.5. The number of benzene rings is 1. The van der Waals surface area contributed by atoms with E-state index in [-0.39, 0.29) is 6.61 Å². The van der Waals surface area contributed by atoms with Gasteiger partial charge in [-0.05, 0) is 43.7 Å². The van der Waals surface area contributed by atoms with Gasteiger partial charge in [-0.1, -0.05) is 6.07 Å². The lowest BCUT2D eigenvalue weighted by molar-refractivity contribution is -0.139. The predicted molar refractivity (Wildman–Crippen MR) is 78.0 cm³/mol. The lowest BCUT2D eigenvalue weighted by Crippen LogP contribution is -2.29. The molecule has 1 aliphatic rings. The smallest absolute Gasteiger partial charge is 0.341 e. The maximum absolute atomic E-state index is 10.5. The summed E-state index contributed by atoms with van der Waals surface area (Å²) in [5, 5.41) is 12.0. The van der Waals surface area contributed by atoms with E-state index in [1.54, 1.807) is 6.07 Å². The maximum Gasteiger partial charge on any atom is 0.341 e. The molecule has 5 heteroatoms. The van der Waals surface area contributed by atoms with Crippen molar-refractivity contribution in [1.82, 2.24) is 0 Å². The number of nitrogens with one attached hydrogen (secondary N) is 1. The lowest BCUT2D eigenvalue weighted by Gasteiger charge is -2.26. The van der Waals surface area contributed by atoms with Gasteiger partial charge in [-0.15, -0.1) is 0 Å². The van der Waals surface area contributed by atoms with E-state index in [4.69, 9.17) is 15.6 Å². The van der Waals surface area contributed by atoms with Gasteiger partial charge in [-0.25, -0.2) is 4.79 Å². The number of anilines is 1. The van der Waals surface area contributed by atoms with E-state index < -0.39 is 5.97 Å². The third kappa shape index (κ3) is 4.74. The topological polar surface area (TPSA) is 84.6 Å². The van der Waals surface area contributed by atoms with Crippen LogP contribution in [0.15, 0.2) is 24.3 Å². The van der Waals surface area contributed by atoms with Gasteiger partial charge >= 0.3 is 5.97 Å². The number of carboxylic acid groups (broad SMARTS) is 1. The van der Waals surface area contributed by atoms with Gasteiger partial charge in [0.2, 0.25) is 0 Å². The SMILES string of the molecule is NC1CCC(CNc2cccc(OCC(=O)O)c2)CC1. The van der Waals surface area contributed by atoms with Gasteiger partial charge in [-0.3, -0.25) is 0 Å². The third-order valence-corrected chi connectivity index (χ3v) is 3.68. The second-order valence-electron chi connectivity index (χ2n) is 5.37. The Labute approximate surface area is 119 Å². The Morgan fingerprint density at radius 1 is 1.35 bits per heavy atom.